The number of halogens is 1. The van der Waals surface area contributed by atoms with Crippen molar-refractivity contribution >= 4 is 18.4 Å². The number of benzene rings is 1. The van der Waals surface area contributed by atoms with Gasteiger partial charge < -0.3 is 14.8 Å². The second kappa shape index (κ2) is 23.6. The predicted octanol–water partition coefficient (Wildman–Crippen LogP) is 6.85. The Morgan fingerprint density at radius 3 is 2.13 bits per heavy atom. The average molecular weight is 456 g/mol. The summed E-state index contributed by atoms with van der Waals surface area (Å²) in [7, 11) is 0. The third-order valence-corrected chi connectivity index (χ3v) is 5.28. The van der Waals surface area contributed by atoms with E-state index in [-0.39, 0.29) is 18.4 Å². The van der Waals surface area contributed by atoms with E-state index in [4.69, 9.17) is 9.47 Å². The molecule has 0 bridgehead atoms. The largest absolute Gasteiger partial charge is 0.466 e. The molecule has 0 aromatic heterocycles. The molecule has 0 fully saturated rings. The van der Waals surface area contributed by atoms with Crippen LogP contribution in [0.1, 0.15) is 96.0 Å². The Labute approximate surface area is 197 Å². The van der Waals surface area contributed by atoms with Gasteiger partial charge in [0.1, 0.15) is 0 Å². The maximum absolute atomic E-state index is 11.7. The first-order valence-corrected chi connectivity index (χ1v) is 12.3. The number of carbonyl (C=O) groups excluding carboxylic acids is 1. The Morgan fingerprint density at radius 1 is 0.774 bits per heavy atom. The van der Waals surface area contributed by atoms with Crippen molar-refractivity contribution < 1.29 is 14.3 Å². The van der Waals surface area contributed by atoms with Crippen LogP contribution in [0.25, 0.3) is 0 Å². The number of carbonyl (C=O) groups is 1. The van der Waals surface area contributed by atoms with Crippen LogP contribution in [0.15, 0.2) is 30.3 Å². The van der Waals surface area contributed by atoms with Crippen LogP contribution in [-0.4, -0.2) is 32.3 Å². The van der Waals surface area contributed by atoms with Crippen LogP contribution in [0.2, 0.25) is 0 Å². The molecule has 0 saturated carbocycles. The third-order valence-electron chi connectivity index (χ3n) is 5.28. The molecule has 1 N–H and O–H groups in total. The van der Waals surface area contributed by atoms with Crippen LogP contribution in [-0.2, 0) is 20.9 Å². The van der Waals surface area contributed by atoms with Crippen LogP contribution in [0.5, 0.6) is 0 Å². The van der Waals surface area contributed by atoms with Crippen LogP contribution in [0.3, 0.4) is 0 Å². The first-order valence-electron chi connectivity index (χ1n) is 12.3. The zero-order valence-corrected chi connectivity index (χ0v) is 20.6. The summed E-state index contributed by atoms with van der Waals surface area (Å²) < 4.78 is 11.0. The van der Waals surface area contributed by atoms with Gasteiger partial charge in [-0.05, 0) is 31.4 Å². The Hall–Kier alpha value is -1.10. The quantitative estimate of drug-likeness (QED) is 0.162. The van der Waals surface area contributed by atoms with Gasteiger partial charge in [0, 0.05) is 13.0 Å². The van der Waals surface area contributed by atoms with E-state index in [9.17, 15) is 4.79 Å². The summed E-state index contributed by atoms with van der Waals surface area (Å²) in [5.74, 6) is -0.0307. The molecular formula is C26H46ClNO3. The number of hydrogen-bond acceptors (Lipinski definition) is 4. The fraction of sp³-hybridized carbons (Fsp3) is 0.731. The smallest absolute Gasteiger partial charge is 0.305 e. The summed E-state index contributed by atoms with van der Waals surface area (Å²) in [6.07, 6.45) is 15.2. The number of nitrogens with one attached hydrogen (secondary N) is 1. The molecule has 0 heterocycles. The van der Waals surface area contributed by atoms with Crippen molar-refractivity contribution in [3.05, 3.63) is 35.9 Å². The molecule has 31 heavy (non-hydrogen) atoms. The van der Waals surface area contributed by atoms with Gasteiger partial charge >= 0.3 is 5.97 Å². The van der Waals surface area contributed by atoms with Crippen molar-refractivity contribution in [3.8, 4) is 0 Å². The van der Waals surface area contributed by atoms with Gasteiger partial charge in [-0.25, -0.2) is 0 Å². The summed E-state index contributed by atoms with van der Waals surface area (Å²) in [5.41, 5.74) is 1.21. The fourth-order valence-corrected chi connectivity index (χ4v) is 3.40. The highest BCUT2D eigenvalue weighted by Crippen LogP contribution is 2.10. The maximum atomic E-state index is 11.7. The van der Waals surface area contributed by atoms with E-state index in [1.165, 1.54) is 56.9 Å². The number of unbranched alkanes of at least 4 members (excludes halogenated alkanes) is 10. The minimum absolute atomic E-state index is 0. The number of esters is 1. The topological polar surface area (TPSA) is 47.6 Å². The van der Waals surface area contributed by atoms with E-state index in [0.717, 1.165) is 45.4 Å². The Morgan fingerprint density at radius 2 is 1.42 bits per heavy atom. The fourth-order valence-electron chi connectivity index (χ4n) is 3.40. The van der Waals surface area contributed by atoms with Crippen molar-refractivity contribution in [2.45, 2.75) is 97.0 Å². The van der Waals surface area contributed by atoms with Gasteiger partial charge in [0.2, 0.25) is 0 Å². The second-order valence-corrected chi connectivity index (χ2v) is 8.15. The standard InChI is InChI=1S/C26H45NO3.ClH/c1-2-3-4-5-6-7-8-9-16-22-30-26(28)19-14-11-15-20-27-21-23-29-24-25-17-12-10-13-18-25;/h10,12-13,17-18,27H,2-9,11,14-16,19-24H2,1H3;1H. The van der Waals surface area contributed by atoms with E-state index < -0.39 is 0 Å². The second-order valence-electron chi connectivity index (χ2n) is 8.15. The van der Waals surface area contributed by atoms with Gasteiger partial charge in [0.05, 0.1) is 19.8 Å². The van der Waals surface area contributed by atoms with Gasteiger partial charge in [-0.1, -0.05) is 95.0 Å². The molecule has 0 saturated heterocycles. The van der Waals surface area contributed by atoms with E-state index >= 15 is 0 Å². The van der Waals surface area contributed by atoms with Crippen LogP contribution in [0, 0.1) is 0 Å². The number of hydrogen-bond donors (Lipinski definition) is 1. The zero-order chi connectivity index (χ0) is 21.5. The average Bonchev–Trinajstić information content (AvgIpc) is 2.77. The Balaban J connectivity index is 0.00000900. The predicted molar refractivity (Wildman–Crippen MR) is 133 cm³/mol. The molecule has 1 rings (SSSR count). The van der Waals surface area contributed by atoms with Gasteiger partial charge in [0.25, 0.3) is 0 Å². The molecular weight excluding hydrogens is 410 g/mol. The summed E-state index contributed by atoms with van der Waals surface area (Å²) in [5, 5.41) is 3.39. The van der Waals surface area contributed by atoms with Crippen LogP contribution in [0.4, 0.5) is 0 Å². The number of ether oxygens (including phenoxy) is 2. The molecule has 0 amide bonds. The lowest BCUT2D eigenvalue weighted by Crippen LogP contribution is -2.20. The van der Waals surface area contributed by atoms with Gasteiger partial charge in [-0.15, -0.1) is 12.4 Å². The van der Waals surface area contributed by atoms with Crippen LogP contribution >= 0.6 is 12.4 Å². The molecule has 180 valence electrons. The molecule has 0 aliphatic carbocycles. The first kappa shape index (κ1) is 29.9. The number of rotatable bonds is 21. The molecule has 0 atom stereocenters. The first-order chi connectivity index (χ1) is 14.8. The van der Waals surface area contributed by atoms with Crippen molar-refractivity contribution in [3.63, 3.8) is 0 Å². The molecule has 0 unspecified atom stereocenters. The van der Waals surface area contributed by atoms with E-state index in [2.05, 4.69) is 24.4 Å². The normalized spacial score (nSPS) is 10.6. The Bertz CT molecular complexity index is 499. The monoisotopic (exact) mass is 455 g/mol. The molecule has 5 heteroatoms. The minimum atomic E-state index is -0.0307. The van der Waals surface area contributed by atoms with Gasteiger partial charge in [-0.2, -0.15) is 0 Å². The van der Waals surface area contributed by atoms with Crippen molar-refractivity contribution in [1.29, 1.82) is 0 Å². The Kier molecular flexibility index (Phi) is 22.7. The zero-order valence-electron chi connectivity index (χ0n) is 19.7. The van der Waals surface area contributed by atoms with E-state index in [1.807, 2.05) is 18.2 Å². The van der Waals surface area contributed by atoms with Crippen molar-refractivity contribution in [2.75, 3.05) is 26.3 Å². The SMILES string of the molecule is CCCCCCCCCCCOC(=O)CCCCCNCCOCc1ccccc1.Cl. The lowest BCUT2D eigenvalue weighted by molar-refractivity contribution is -0.143. The molecule has 1 aromatic carbocycles. The molecule has 4 nitrogen and oxygen atoms in total. The summed E-state index contributed by atoms with van der Waals surface area (Å²) in [6.45, 7) is 6.09. The molecule has 0 aliphatic heterocycles. The lowest BCUT2D eigenvalue weighted by atomic mass is 10.1. The highest BCUT2D eigenvalue weighted by Gasteiger charge is 2.02. The molecule has 0 spiro atoms. The summed E-state index contributed by atoms with van der Waals surface area (Å²) in [4.78, 5) is 11.7. The van der Waals surface area contributed by atoms with E-state index in [1.54, 1.807) is 0 Å². The molecule has 0 radical (unpaired) electrons. The summed E-state index contributed by atoms with van der Waals surface area (Å²) >= 11 is 0. The molecule has 1 aromatic rings. The highest BCUT2D eigenvalue weighted by molar-refractivity contribution is 5.85. The summed E-state index contributed by atoms with van der Waals surface area (Å²) in [6, 6.07) is 10.2. The van der Waals surface area contributed by atoms with E-state index in [0.29, 0.717) is 19.6 Å². The maximum Gasteiger partial charge on any atom is 0.305 e. The van der Waals surface area contributed by atoms with Crippen molar-refractivity contribution in [2.24, 2.45) is 0 Å². The van der Waals surface area contributed by atoms with Crippen molar-refractivity contribution in [1.82, 2.24) is 5.32 Å². The van der Waals surface area contributed by atoms with Crippen LogP contribution < -0.4 is 5.32 Å². The minimum Gasteiger partial charge on any atom is -0.466 e. The van der Waals surface area contributed by atoms with Gasteiger partial charge in [0.15, 0.2) is 0 Å². The highest BCUT2D eigenvalue weighted by atomic mass is 35.5. The van der Waals surface area contributed by atoms with Gasteiger partial charge in [-0.3, -0.25) is 4.79 Å². The lowest BCUT2D eigenvalue weighted by Gasteiger charge is -2.07. The molecule has 0 aliphatic rings. The third kappa shape index (κ3) is 20.6.